The maximum absolute atomic E-state index is 14.6. The highest BCUT2D eigenvalue weighted by Crippen LogP contribution is 2.65. The maximum atomic E-state index is 14.6. The molecule has 228 valence electrons. The number of fused-ring (bicyclic) bond motifs is 3. The van der Waals surface area contributed by atoms with Gasteiger partial charge < -0.3 is 20.4 Å². The molecule has 43 heavy (non-hydrogen) atoms. The maximum Gasteiger partial charge on any atom is 0.209 e. The average molecular weight is 587 g/mol. The number of carbonyl (C=O) groups excluding carboxylic acids is 3. The summed E-state index contributed by atoms with van der Waals surface area (Å²) >= 11 is 0. The first kappa shape index (κ1) is 30.7. The fourth-order valence-electron chi connectivity index (χ4n) is 8.66. The highest BCUT2D eigenvalue weighted by Gasteiger charge is 2.71. The van der Waals surface area contributed by atoms with Gasteiger partial charge in [-0.2, -0.15) is 0 Å². The molecule has 7 nitrogen and oxygen atoms in total. The molecule has 0 amide bonds. The van der Waals surface area contributed by atoms with E-state index in [0.29, 0.717) is 11.1 Å². The molecule has 0 aliphatic heterocycles. The Bertz CT molecular complexity index is 1690. The Morgan fingerprint density at radius 3 is 2.14 bits per heavy atom. The second-order valence-electron chi connectivity index (χ2n) is 14.2. The second-order valence-corrected chi connectivity index (χ2v) is 14.2. The molecular weight excluding hydrogens is 544 g/mol. The molecule has 4 atom stereocenters. The van der Waals surface area contributed by atoms with Crippen LogP contribution in [0.15, 0.2) is 46.9 Å². The number of hydrogen-bond acceptors (Lipinski definition) is 7. The van der Waals surface area contributed by atoms with Gasteiger partial charge in [0, 0.05) is 27.9 Å². The molecule has 2 aromatic rings. The van der Waals surface area contributed by atoms with Gasteiger partial charge in [0.05, 0.1) is 5.56 Å². The van der Waals surface area contributed by atoms with E-state index < -0.39 is 51.0 Å². The number of benzene rings is 2. The average Bonchev–Trinajstić information content (AvgIpc) is 2.86. The lowest BCUT2D eigenvalue weighted by Gasteiger charge is -2.59. The summed E-state index contributed by atoms with van der Waals surface area (Å²) in [4.78, 5) is 41.1. The van der Waals surface area contributed by atoms with Crippen molar-refractivity contribution in [1.29, 1.82) is 0 Å². The fourth-order valence-corrected chi connectivity index (χ4v) is 8.66. The third-order valence-electron chi connectivity index (χ3n) is 10.3. The summed E-state index contributed by atoms with van der Waals surface area (Å²) in [5.74, 6) is -5.07. The number of aromatic hydroxyl groups is 1. The SMILES string of the molecule is CC(=O)C1=C(O)C(C(C)C)[C@@]2(C)C[C@@]3(C)Cc4c(C(C)C)cc(-c5ccc(C)cc5C)c(O)c4C(=O)C3=C(O)[C@@]2(O)C1=O. The van der Waals surface area contributed by atoms with Crippen LogP contribution < -0.4 is 0 Å². The fraction of sp³-hybridized carbons (Fsp3) is 0.472. The summed E-state index contributed by atoms with van der Waals surface area (Å²) in [5.41, 5.74) is -0.927. The number of rotatable bonds is 4. The summed E-state index contributed by atoms with van der Waals surface area (Å²) in [7, 11) is 0. The van der Waals surface area contributed by atoms with Crippen LogP contribution in [0.3, 0.4) is 0 Å². The lowest BCUT2D eigenvalue weighted by Crippen LogP contribution is -2.67. The third-order valence-corrected chi connectivity index (χ3v) is 10.3. The Kier molecular flexibility index (Phi) is 6.90. The number of hydrogen-bond donors (Lipinski definition) is 4. The molecule has 0 heterocycles. The monoisotopic (exact) mass is 586 g/mol. The van der Waals surface area contributed by atoms with Crippen molar-refractivity contribution in [2.45, 2.75) is 86.7 Å². The number of phenols is 1. The van der Waals surface area contributed by atoms with Crippen LogP contribution in [0.1, 0.15) is 93.4 Å². The number of carbonyl (C=O) groups is 3. The van der Waals surface area contributed by atoms with Crippen molar-refractivity contribution in [3.8, 4) is 16.9 Å². The predicted molar refractivity (Wildman–Crippen MR) is 164 cm³/mol. The zero-order valence-corrected chi connectivity index (χ0v) is 26.5. The van der Waals surface area contributed by atoms with E-state index in [1.165, 1.54) is 0 Å². The van der Waals surface area contributed by atoms with Gasteiger partial charge in [-0.1, -0.05) is 65.3 Å². The molecular formula is C36H42O7. The smallest absolute Gasteiger partial charge is 0.209 e. The molecule has 3 aliphatic carbocycles. The van der Waals surface area contributed by atoms with E-state index in [1.807, 2.05) is 72.7 Å². The van der Waals surface area contributed by atoms with E-state index in [1.54, 1.807) is 6.92 Å². The van der Waals surface area contributed by atoms with Crippen molar-refractivity contribution >= 4 is 17.3 Å². The number of phenolic OH excluding ortho intramolecular Hbond substituents is 1. The first-order valence-corrected chi connectivity index (χ1v) is 15.0. The Morgan fingerprint density at radius 2 is 1.60 bits per heavy atom. The van der Waals surface area contributed by atoms with E-state index >= 15 is 0 Å². The molecule has 1 unspecified atom stereocenters. The lowest BCUT2D eigenvalue weighted by atomic mass is 9.44. The van der Waals surface area contributed by atoms with Gasteiger partial charge in [0.25, 0.3) is 0 Å². The topological polar surface area (TPSA) is 132 Å². The highest BCUT2D eigenvalue weighted by molar-refractivity contribution is 6.25. The van der Waals surface area contributed by atoms with Gasteiger partial charge >= 0.3 is 0 Å². The normalized spacial score (nSPS) is 28.8. The van der Waals surface area contributed by atoms with E-state index in [9.17, 15) is 34.8 Å². The largest absolute Gasteiger partial charge is 0.511 e. The van der Waals surface area contributed by atoms with Gasteiger partial charge in [-0.3, -0.25) is 14.4 Å². The summed E-state index contributed by atoms with van der Waals surface area (Å²) in [6, 6.07) is 7.80. The number of aliphatic hydroxyl groups is 3. The van der Waals surface area contributed by atoms with Crippen molar-refractivity contribution in [1.82, 2.24) is 0 Å². The molecule has 2 aromatic carbocycles. The van der Waals surface area contributed by atoms with Gasteiger partial charge in [0.1, 0.15) is 22.8 Å². The van der Waals surface area contributed by atoms with Crippen molar-refractivity contribution in [2.24, 2.45) is 22.7 Å². The second kappa shape index (κ2) is 9.65. The molecule has 0 aromatic heterocycles. The van der Waals surface area contributed by atoms with E-state index in [2.05, 4.69) is 0 Å². The van der Waals surface area contributed by atoms with Crippen LogP contribution in [0.4, 0.5) is 0 Å². The number of allylic oxidation sites excluding steroid dienone is 2. The number of aliphatic hydroxyl groups excluding tert-OH is 2. The summed E-state index contributed by atoms with van der Waals surface area (Å²) < 4.78 is 0. The van der Waals surface area contributed by atoms with Crippen LogP contribution >= 0.6 is 0 Å². The molecule has 0 radical (unpaired) electrons. The first-order chi connectivity index (χ1) is 19.8. The van der Waals surface area contributed by atoms with Crippen LogP contribution in [0.5, 0.6) is 5.75 Å². The first-order valence-electron chi connectivity index (χ1n) is 15.0. The number of Topliss-reactive ketones (excluding diaryl/α,β-unsaturated/α-hetero) is 3. The van der Waals surface area contributed by atoms with E-state index in [4.69, 9.17) is 0 Å². The van der Waals surface area contributed by atoms with Crippen LogP contribution in [0, 0.1) is 36.5 Å². The molecule has 0 saturated carbocycles. The molecule has 7 heteroatoms. The Balaban J connectivity index is 1.84. The Morgan fingerprint density at radius 1 is 0.977 bits per heavy atom. The highest BCUT2D eigenvalue weighted by atomic mass is 16.3. The predicted octanol–water partition coefficient (Wildman–Crippen LogP) is 6.75. The molecule has 0 spiro atoms. The van der Waals surface area contributed by atoms with Crippen molar-refractivity contribution in [3.05, 3.63) is 74.7 Å². The van der Waals surface area contributed by atoms with Crippen LogP contribution in [0.25, 0.3) is 11.1 Å². The van der Waals surface area contributed by atoms with E-state index in [0.717, 1.165) is 29.2 Å². The molecule has 3 aliphatic rings. The van der Waals surface area contributed by atoms with E-state index in [-0.39, 0.29) is 47.3 Å². The van der Waals surface area contributed by atoms with Gasteiger partial charge in [-0.05, 0) is 73.8 Å². The van der Waals surface area contributed by atoms with Gasteiger partial charge in [-0.25, -0.2) is 0 Å². The molecule has 0 bridgehead atoms. The summed E-state index contributed by atoms with van der Waals surface area (Å²) in [6.07, 6.45) is 0.332. The number of ketones is 3. The van der Waals surface area contributed by atoms with Gasteiger partial charge in [-0.15, -0.1) is 0 Å². The van der Waals surface area contributed by atoms with Crippen LogP contribution in [0.2, 0.25) is 0 Å². The third kappa shape index (κ3) is 3.93. The molecule has 4 N–H and O–H groups in total. The Labute approximate surface area is 253 Å². The van der Waals surface area contributed by atoms with Gasteiger partial charge in [0.2, 0.25) is 5.78 Å². The quantitative estimate of drug-likeness (QED) is 0.291. The summed E-state index contributed by atoms with van der Waals surface area (Å²) in [5, 5.41) is 47.3. The molecule has 5 rings (SSSR count). The number of aryl methyl sites for hydroxylation is 2. The Hall–Kier alpha value is -3.71. The minimum Gasteiger partial charge on any atom is -0.511 e. The van der Waals surface area contributed by atoms with Crippen LogP contribution in [-0.4, -0.2) is 43.4 Å². The minimum absolute atomic E-state index is 0.00438. The standard InChI is InChI=1S/C36H42O7/c1-16(2)22-13-23(21-11-10-18(5)12-19(21)6)29(38)26-24(22)14-34(8)15-35(9)27(17(3)4)30(39)25(20(7)37)32(41)36(35,43)33(42)28(34)31(26)40/h10-13,16-17,27,38-39,42-43H,14-15H2,1-9H3/t27?,34-,35-,36+/m1/s1. The van der Waals surface area contributed by atoms with Crippen molar-refractivity contribution in [3.63, 3.8) is 0 Å². The lowest BCUT2D eigenvalue weighted by molar-refractivity contribution is -0.171. The zero-order valence-electron chi connectivity index (χ0n) is 26.5. The van der Waals surface area contributed by atoms with Crippen LogP contribution in [-0.2, 0) is 16.0 Å². The van der Waals surface area contributed by atoms with Gasteiger partial charge in [0.15, 0.2) is 17.2 Å². The molecule has 0 fully saturated rings. The zero-order chi connectivity index (χ0) is 32.1. The molecule has 0 saturated heterocycles. The summed E-state index contributed by atoms with van der Waals surface area (Å²) in [6.45, 7) is 16.2. The van der Waals surface area contributed by atoms with Crippen molar-refractivity contribution in [2.75, 3.05) is 0 Å². The van der Waals surface area contributed by atoms with Crippen molar-refractivity contribution < 1.29 is 34.8 Å². The minimum atomic E-state index is -2.63.